The van der Waals surface area contributed by atoms with Gasteiger partial charge in [0.25, 0.3) is 0 Å². The molecule has 1 aromatic carbocycles. The van der Waals surface area contributed by atoms with Gasteiger partial charge in [-0.15, -0.1) is 0 Å². The first-order valence-electron chi connectivity index (χ1n) is 9.56. The minimum absolute atomic E-state index is 0.0424. The van der Waals surface area contributed by atoms with E-state index < -0.39 is 9.84 Å². The van der Waals surface area contributed by atoms with E-state index in [1.807, 2.05) is 39.0 Å². The summed E-state index contributed by atoms with van der Waals surface area (Å²) in [6, 6.07) is 5.69. The van der Waals surface area contributed by atoms with Crippen LogP contribution in [-0.4, -0.2) is 55.8 Å². The van der Waals surface area contributed by atoms with Crippen LogP contribution in [0.5, 0.6) is 0 Å². The number of hydrogen-bond donors (Lipinski definition) is 0. The predicted octanol–water partition coefficient (Wildman–Crippen LogP) is 2.34. The van der Waals surface area contributed by atoms with Crippen LogP contribution in [0.1, 0.15) is 44.7 Å². The van der Waals surface area contributed by atoms with Crippen LogP contribution in [0.4, 0.5) is 5.69 Å². The summed E-state index contributed by atoms with van der Waals surface area (Å²) in [4.78, 5) is 28.4. The fourth-order valence-electron chi connectivity index (χ4n) is 3.83. The first-order valence-corrected chi connectivity index (χ1v) is 11.4. The Morgan fingerprint density at radius 1 is 1.22 bits per heavy atom. The summed E-state index contributed by atoms with van der Waals surface area (Å²) in [5.41, 5.74) is 2.96. The molecular formula is C20H30N2O4S. The minimum Gasteiger partial charge on any atom is -0.339 e. The predicted molar refractivity (Wildman–Crippen MR) is 108 cm³/mol. The molecule has 1 unspecified atom stereocenters. The molecule has 0 bridgehead atoms. The monoisotopic (exact) mass is 394 g/mol. The number of nitrogens with zero attached hydrogens (tertiary/aromatic N) is 2. The Kier molecular flexibility index (Phi) is 7.03. The highest BCUT2D eigenvalue weighted by Crippen LogP contribution is 2.26. The summed E-state index contributed by atoms with van der Waals surface area (Å²) in [5, 5.41) is 0. The number of hydrogen-bond acceptors (Lipinski definition) is 4. The van der Waals surface area contributed by atoms with Crippen LogP contribution in [0.3, 0.4) is 0 Å². The van der Waals surface area contributed by atoms with Gasteiger partial charge in [0.2, 0.25) is 11.8 Å². The zero-order valence-corrected chi connectivity index (χ0v) is 17.5. The molecule has 2 rings (SSSR count). The second-order valence-corrected chi connectivity index (χ2v) is 9.32. The molecular weight excluding hydrogens is 364 g/mol. The molecule has 1 heterocycles. The number of para-hydroxylation sites is 1. The van der Waals surface area contributed by atoms with Gasteiger partial charge in [-0.2, -0.15) is 0 Å². The molecule has 0 spiro atoms. The Morgan fingerprint density at radius 2 is 1.93 bits per heavy atom. The van der Waals surface area contributed by atoms with Crippen molar-refractivity contribution >= 4 is 27.3 Å². The second-order valence-electron chi connectivity index (χ2n) is 7.09. The van der Waals surface area contributed by atoms with Crippen molar-refractivity contribution < 1.29 is 18.0 Å². The average Bonchev–Trinajstić information content (AvgIpc) is 2.96. The second kappa shape index (κ2) is 8.87. The topological polar surface area (TPSA) is 74.8 Å². The Hall–Kier alpha value is -1.89. The molecule has 27 heavy (non-hydrogen) atoms. The van der Waals surface area contributed by atoms with Gasteiger partial charge >= 0.3 is 0 Å². The lowest BCUT2D eigenvalue weighted by Crippen LogP contribution is -2.43. The van der Waals surface area contributed by atoms with E-state index in [9.17, 15) is 18.0 Å². The van der Waals surface area contributed by atoms with Crippen molar-refractivity contribution in [1.82, 2.24) is 4.90 Å². The van der Waals surface area contributed by atoms with Crippen molar-refractivity contribution in [1.29, 1.82) is 0 Å². The highest BCUT2D eigenvalue weighted by atomic mass is 32.2. The number of rotatable bonds is 7. The highest BCUT2D eigenvalue weighted by Gasteiger charge is 2.34. The maximum atomic E-state index is 12.8. The Bertz CT molecular complexity index is 804. The van der Waals surface area contributed by atoms with Gasteiger partial charge in [0.15, 0.2) is 9.84 Å². The number of anilines is 1. The molecule has 0 saturated carbocycles. The lowest BCUT2D eigenvalue weighted by atomic mass is 10.0. The van der Waals surface area contributed by atoms with Gasteiger partial charge in [0.1, 0.15) is 0 Å². The van der Waals surface area contributed by atoms with Crippen molar-refractivity contribution in [3.05, 3.63) is 29.3 Å². The fraction of sp³-hybridized carbons (Fsp3) is 0.600. The van der Waals surface area contributed by atoms with Gasteiger partial charge in [-0.1, -0.05) is 25.1 Å². The molecule has 1 aliphatic rings. The standard InChI is InChI=1S/C20H30N2O4S/c1-5-17-9-7-8-15(3)20(17)22(16(4)23)12-10-19(24)21(6-2)18-11-13-27(25,26)14-18/h7-9,18H,5-6,10-14H2,1-4H3. The maximum absolute atomic E-state index is 12.8. The van der Waals surface area contributed by atoms with E-state index in [1.54, 1.807) is 9.80 Å². The third-order valence-electron chi connectivity index (χ3n) is 5.21. The number of sulfone groups is 1. The Balaban J connectivity index is 2.14. The summed E-state index contributed by atoms with van der Waals surface area (Å²) in [6.45, 7) is 8.15. The van der Waals surface area contributed by atoms with E-state index in [4.69, 9.17) is 0 Å². The van der Waals surface area contributed by atoms with E-state index in [-0.39, 0.29) is 35.8 Å². The summed E-state index contributed by atoms with van der Waals surface area (Å²) in [5.74, 6) is -0.0130. The molecule has 1 aliphatic heterocycles. The summed E-state index contributed by atoms with van der Waals surface area (Å²) < 4.78 is 23.5. The molecule has 0 aliphatic carbocycles. The molecule has 0 aromatic heterocycles. The van der Waals surface area contributed by atoms with Gasteiger partial charge in [-0.3, -0.25) is 9.59 Å². The average molecular weight is 395 g/mol. The first kappa shape index (κ1) is 21.4. The number of carbonyl (C=O) groups excluding carboxylic acids is 2. The van der Waals surface area contributed by atoms with Crippen LogP contribution >= 0.6 is 0 Å². The van der Waals surface area contributed by atoms with Gasteiger partial charge in [0.05, 0.1) is 11.5 Å². The summed E-state index contributed by atoms with van der Waals surface area (Å²) >= 11 is 0. The van der Waals surface area contributed by atoms with E-state index in [1.165, 1.54) is 6.92 Å². The lowest BCUT2D eigenvalue weighted by molar-refractivity contribution is -0.132. The smallest absolute Gasteiger partial charge is 0.224 e. The van der Waals surface area contributed by atoms with E-state index >= 15 is 0 Å². The minimum atomic E-state index is -3.04. The quantitative estimate of drug-likeness (QED) is 0.711. The van der Waals surface area contributed by atoms with Crippen LogP contribution in [0.15, 0.2) is 18.2 Å². The molecule has 0 radical (unpaired) electrons. The number of carbonyl (C=O) groups is 2. The normalized spacial score (nSPS) is 18.3. The largest absolute Gasteiger partial charge is 0.339 e. The van der Waals surface area contributed by atoms with Crippen molar-refractivity contribution in [2.24, 2.45) is 0 Å². The molecule has 1 aromatic rings. The van der Waals surface area contributed by atoms with Gasteiger partial charge < -0.3 is 9.80 Å². The van der Waals surface area contributed by atoms with Crippen molar-refractivity contribution in [2.75, 3.05) is 29.5 Å². The number of amides is 2. The van der Waals surface area contributed by atoms with E-state index in [0.29, 0.717) is 19.5 Å². The molecule has 0 N–H and O–H groups in total. The number of aryl methyl sites for hydroxylation is 2. The molecule has 6 nitrogen and oxygen atoms in total. The summed E-state index contributed by atoms with van der Waals surface area (Å²) in [6.07, 6.45) is 1.48. The molecule has 7 heteroatoms. The lowest BCUT2D eigenvalue weighted by Gasteiger charge is -2.29. The first-order chi connectivity index (χ1) is 12.7. The van der Waals surface area contributed by atoms with Gasteiger partial charge in [-0.25, -0.2) is 8.42 Å². The van der Waals surface area contributed by atoms with Crippen LogP contribution < -0.4 is 4.90 Å². The fourth-order valence-corrected chi connectivity index (χ4v) is 5.56. The third kappa shape index (κ3) is 5.09. The number of benzene rings is 1. The Labute approximate surface area is 162 Å². The van der Waals surface area contributed by atoms with E-state index in [2.05, 4.69) is 0 Å². The van der Waals surface area contributed by atoms with Crippen LogP contribution in [-0.2, 0) is 25.8 Å². The van der Waals surface area contributed by atoms with Crippen molar-refractivity contribution in [3.63, 3.8) is 0 Å². The molecule has 1 saturated heterocycles. The van der Waals surface area contributed by atoms with Gasteiger partial charge in [-0.05, 0) is 37.8 Å². The Morgan fingerprint density at radius 3 is 2.44 bits per heavy atom. The van der Waals surface area contributed by atoms with Crippen LogP contribution in [0.2, 0.25) is 0 Å². The van der Waals surface area contributed by atoms with Gasteiger partial charge in [0, 0.05) is 38.2 Å². The van der Waals surface area contributed by atoms with Crippen molar-refractivity contribution in [3.8, 4) is 0 Å². The zero-order valence-electron chi connectivity index (χ0n) is 16.7. The van der Waals surface area contributed by atoms with Crippen LogP contribution in [0.25, 0.3) is 0 Å². The van der Waals surface area contributed by atoms with E-state index in [0.717, 1.165) is 23.2 Å². The third-order valence-corrected chi connectivity index (χ3v) is 6.96. The molecule has 150 valence electrons. The molecule has 1 atom stereocenters. The highest BCUT2D eigenvalue weighted by molar-refractivity contribution is 7.91. The SMILES string of the molecule is CCc1cccc(C)c1N(CCC(=O)N(CC)C1CCS(=O)(=O)C1)C(C)=O. The van der Waals surface area contributed by atoms with Crippen molar-refractivity contribution in [2.45, 2.75) is 53.0 Å². The van der Waals surface area contributed by atoms with Crippen LogP contribution in [0, 0.1) is 6.92 Å². The zero-order chi connectivity index (χ0) is 20.2. The maximum Gasteiger partial charge on any atom is 0.224 e. The summed E-state index contributed by atoms with van der Waals surface area (Å²) in [7, 11) is -3.04. The molecule has 2 amide bonds. The molecule has 1 fully saturated rings.